The van der Waals surface area contributed by atoms with E-state index >= 15 is 0 Å². The van der Waals surface area contributed by atoms with E-state index in [-0.39, 0.29) is 68.7 Å². The molecule has 0 heterocycles. The summed E-state index contributed by atoms with van der Waals surface area (Å²) in [5.74, 6) is -9.52. The maximum Gasteiger partial charge on any atom is 0.337 e. The van der Waals surface area contributed by atoms with Gasteiger partial charge in [-0.3, -0.25) is 57.5 Å². The summed E-state index contributed by atoms with van der Waals surface area (Å²) in [4.78, 5) is 185. The second-order valence-corrected chi connectivity index (χ2v) is 26.4. The summed E-state index contributed by atoms with van der Waals surface area (Å²) in [7, 11) is 11.2. The topological polar surface area (TPSA) is 320 Å². The molecule has 26 nitrogen and oxygen atoms in total. The van der Waals surface area contributed by atoms with Gasteiger partial charge in [-0.25, -0.2) is 4.79 Å². The molecule has 0 spiro atoms. The molecule has 0 radical (unpaired) electrons. The van der Waals surface area contributed by atoms with Crippen molar-refractivity contribution in [1.29, 1.82) is 0 Å². The highest BCUT2D eigenvalue weighted by Gasteiger charge is 2.43. The standard InChI is InChI=1S/C67H111N11O15/c1-24-49(71-62(86)57(78(22)54(81)34-41(8)9)58(93-46(15)79)43(12)27-25-28-47-29-26-30-48(35-47)67(91)92-23)64(88)74(18)37-55(82)75(19)50(31-38(2)3)61(85)72-56(42(10)11)66(90)76(20)51(32-39(4)5)60(84)69-44(13)59(83)70-45(14)63(87)77(21)52(33-40(6)7)65(89)73(17)36-53(80)68-16/h25-26,28-30,35,38-45,49-52,56-58H,24,27,31-34,36-37H2,1-23H3,(H,68,80)(H,69,84)(H,70,83)(H,71,86)(H,72,85)/b28-25+/t43-,44-,45+,49+,50+,51+,52+,56+,57?,58-/m1/s1. The SMILES string of the molecule is CC[C@H](NC(=O)C([C@H](OC(C)=O)[C@H](C)C/C=C/c1cccc(C(=O)OC)c1)N(C)C(=O)CC(C)C)C(=O)N(C)CC(=O)N(C)[C@@H](CC(C)C)C(=O)N[C@H](C(=O)N(C)[C@@H](CC(C)C)C(=O)N[C@H](C)C(=O)N[C@@H](C)C(=O)N(C)[C@@H](CC(C)C)C(=O)N(C)CC(=O)NC)C(C)C. The highest BCUT2D eigenvalue weighted by Crippen LogP contribution is 2.24. The lowest BCUT2D eigenvalue weighted by atomic mass is 9.91. The molecule has 11 amide bonds. The lowest BCUT2D eigenvalue weighted by molar-refractivity contribution is -0.161. The average molecular weight is 1310 g/mol. The van der Waals surface area contributed by atoms with E-state index in [1.165, 1.54) is 102 Å². The van der Waals surface area contributed by atoms with Crippen LogP contribution in [0.1, 0.15) is 158 Å². The Kier molecular flexibility index (Phi) is 35.4. The van der Waals surface area contributed by atoms with Gasteiger partial charge in [0.25, 0.3) is 0 Å². The van der Waals surface area contributed by atoms with Gasteiger partial charge in [0.05, 0.1) is 25.8 Å². The third-order valence-corrected chi connectivity index (χ3v) is 15.9. The van der Waals surface area contributed by atoms with Gasteiger partial charge in [0.15, 0.2) is 0 Å². The molecule has 0 aliphatic heterocycles. The fraction of sp³-hybridized carbons (Fsp3) is 0.687. The van der Waals surface area contributed by atoms with Crippen molar-refractivity contribution in [2.45, 2.75) is 197 Å². The van der Waals surface area contributed by atoms with Gasteiger partial charge >= 0.3 is 11.9 Å². The zero-order chi connectivity index (χ0) is 71.6. The third kappa shape index (κ3) is 26.5. The molecule has 1 aromatic rings. The first kappa shape index (κ1) is 83.1. The molecule has 0 fully saturated rings. The van der Waals surface area contributed by atoms with Crippen molar-refractivity contribution in [2.75, 3.05) is 69.5 Å². The lowest BCUT2D eigenvalue weighted by Gasteiger charge is -2.37. The monoisotopic (exact) mass is 1310 g/mol. The number of nitrogens with one attached hydrogen (secondary N) is 5. The highest BCUT2D eigenvalue weighted by atomic mass is 16.5. The number of esters is 2. The number of hydrogen-bond donors (Lipinski definition) is 5. The predicted octanol–water partition coefficient (Wildman–Crippen LogP) is 3.64. The Balaban J connectivity index is 3.45. The van der Waals surface area contributed by atoms with Crippen LogP contribution < -0.4 is 26.6 Å². The van der Waals surface area contributed by atoms with Gasteiger partial charge < -0.3 is 65.5 Å². The molecular weight excluding hydrogens is 1200 g/mol. The van der Waals surface area contributed by atoms with Gasteiger partial charge in [0, 0.05) is 62.7 Å². The number of rotatable bonds is 37. The number of amides is 11. The summed E-state index contributed by atoms with van der Waals surface area (Å²) < 4.78 is 10.7. The van der Waals surface area contributed by atoms with E-state index in [2.05, 4.69) is 26.6 Å². The zero-order valence-electron chi connectivity index (χ0n) is 59.6. The smallest absolute Gasteiger partial charge is 0.337 e. The third-order valence-electron chi connectivity index (χ3n) is 15.9. The van der Waals surface area contributed by atoms with Gasteiger partial charge in [0.2, 0.25) is 65.0 Å². The molecule has 1 rings (SSSR count). The summed E-state index contributed by atoms with van der Waals surface area (Å²) in [5, 5.41) is 13.4. The van der Waals surface area contributed by atoms with Crippen LogP contribution in [0.5, 0.6) is 0 Å². The van der Waals surface area contributed by atoms with Crippen LogP contribution in [0.2, 0.25) is 0 Å². The molecule has 26 heteroatoms. The lowest BCUT2D eigenvalue weighted by Crippen LogP contribution is -2.61. The van der Waals surface area contributed by atoms with Gasteiger partial charge in [0.1, 0.15) is 54.4 Å². The van der Waals surface area contributed by atoms with Crippen molar-refractivity contribution >= 4 is 83.0 Å². The summed E-state index contributed by atoms with van der Waals surface area (Å²) in [6.07, 6.45) is 3.21. The Hall–Kier alpha value is -7.93. The number of allylic oxidation sites excluding steroid dienone is 1. The summed E-state index contributed by atoms with van der Waals surface area (Å²) in [6.45, 7) is 24.9. The minimum atomic E-state index is -1.42. The van der Waals surface area contributed by atoms with E-state index in [0.29, 0.717) is 11.1 Å². The number of methoxy groups -OCH3 is 1. The van der Waals surface area contributed by atoms with Crippen molar-refractivity contribution in [3.8, 4) is 0 Å². The summed E-state index contributed by atoms with van der Waals surface area (Å²) >= 11 is 0. The molecule has 0 aromatic heterocycles. The van der Waals surface area contributed by atoms with Crippen molar-refractivity contribution in [2.24, 2.45) is 35.5 Å². The second-order valence-electron chi connectivity index (χ2n) is 26.4. The Morgan fingerprint density at radius 2 is 1.06 bits per heavy atom. The highest BCUT2D eigenvalue weighted by molar-refractivity contribution is 5.98. The van der Waals surface area contributed by atoms with Crippen LogP contribution in [0.25, 0.3) is 6.08 Å². The largest absolute Gasteiger partial charge is 0.465 e. The average Bonchev–Trinajstić information content (AvgIpc) is 1.19. The van der Waals surface area contributed by atoms with Crippen molar-refractivity contribution in [3.63, 3.8) is 0 Å². The molecule has 93 heavy (non-hydrogen) atoms. The molecule has 0 aliphatic carbocycles. The molecule has 1 aromatic carbocycles. The molecule has 0 saturated heterocycles. The number of nitrogens with zero attached hydrogens (tertiary/aromatic N) is 6. The van der Waals surface area contributed by atoms with Crippen molar-refractivity contribution in [3.05, 3.63) is 41.5 Å². The van der Waals surface area contributed by atoms with E-state index in [9.17, 15) is 62.3 Å². The number of ether oxygens (including phenoxy) is 2. The Labute approximate surface area is 552 Å². The number of hydrogen-bond acceptors (Lipinski definition) is 15. The van der Waals surface area contributed by atoms with E-state index in [0.717, 1.165) is 4.90 Å². The maximum atomic E-state index is 14.7. The first-order chi connectivity index (χ1) is 43.2. The Morgan fingerprint density at radius 1 is 0.548 bits per heavy atom. The van der Waals surface area contributed by atoms with Crippen LogP contribution in [0, 0.1) is 35.5 Å². The fourth-order valence-corrected chi connectivity index (χ4v) is 10.4. The predicted molar refractivity (Wildman–Crippen MR) is 354 cm³/mol. The van der Waals surface area contributed by atoms with Crippen molar-refractivity contribution in [1.82, 2.24) is 56.0 Å². The van der Waals surface area contributed by atoms with Gasteiger partial charge in [-0.1, -0.05) is 107 Å². The van der Waals surface area contributed by atoms with Crippen LogP contribution in [0.3, 0.4) is 0 Å². The van der Waals surface area contributed by atoms with Gasteiger partial charge in [-0.05, 0) is 99.2 Å². The quantitative estimate of drug-likeness (QED) is 0.0594. The number of carbonyl (C=O) groups is 13. The first-order valence-electron chi connectivity index (χ1n) is 32.2. The summed E-state index contributed by atoms with van der Waals surface area (Å²) in [5.41, 5.74) is 1.02. The maximum absolute atomic E-state index is 14.7. The number of carbonyl (C=O) groups excluding carboxylic acids is 13. The first-order valence-corrected chi connectivity index (χ1v) is 32.2. The Morgan fingerprint density at radius 3 is 1.57 bits per heavy atom. The van der Waals surface area contributed by atoms with Crippen LogP contribution >= 0.6 is 0 Å². The van der Waals surface area contributed by atoms with E-state index in [1.807, 2.05) is 55.4 Å². The van der Waals surface area contributed by atoms with E-state index in [4.69, 9.17) is 9.47 Å². The minimum absolute atomic E-state index is 0.0183. The van der Waals surface area contributed by atoms with E-state index in [1.54, 1.807) is 64.1 Å². The summed E-state index contributed by atoms with van der Waals surface area (Å²) in [6, 6.07) is -2.78. The molecular formula is C67H111N11O15. The van der Waals surface area contributed by atoms with Gasteiger partial charge in [-0.2, -0.15) is 0 Å². The Bertz CT molecular complexity index is 2770. The number of likely N-dealkylation sites (N-methyl/N-ethyl adjacent to an activating group) is 7. The molecule has 524 valence electrons. The molecule has 5 N–H and O–H groups in total. The second kappa shape index (κ2) is 39.6. The fourth-order valence-electron chi connectivity index (χ4n) is 10.4. The van der Waals surface area contributed by atoms with Crippen LogP contribution in [-0.4, -0.2) is 230 Å². The van der Waals surface area contributed by atoms with E-state index < -0.39 is 150 Å². The van der Waals surface area contributed by atoms with Gasteiger partial charge in [-0.15, -0.1) is 0 Å². The van der Waals surface area contributed by atoms with Crippen LogP contribution in [-0.2, 0) is 67.0 Å². The molecule has 0 aliphatic rings. The molecule has 0 saturated carbocycles. The number of benzene rings is 1. The molecule has 0 bridgehead atoms. The normalized spacial score (nSPS) is 14.7. The van der Waals surface area contributed by atoms with Crippen molar-refractivity contribution < 1.29 is 71.8 Å². The molecule has 1 unspecified atom stereocenters. The zero-order valence-corrected chi connectivity index (χ0v) is 59.6. The minimum Gasteiger partial charge on any atom is -0.465 e. The van der Waals surface area contributed by atoms with Crippen LogP contribution in [0.4, 0.5) is 0 Å². The van der Waals surface area contributed by atoms with Crippen LogP contribution in [0.15, 0.2) is 30.3 Å². The molecule has 10 atom stereocenters.